The highest BCUT2D eigenvalue weighted by atomic mass is 15.0. The molecule has 0 unspecified atom stereocenters. The van der Waals surface area contributed by atoms with Crippen molar-refractivity contribution in [3.8, 4) is 0 Å². The van der Waals surface area contributed by atoms with Crippen LogP contribution >= 0.6 is 0 Å². The molecule has 0 aromatic carbocycles. The van der Waals surface area contributed by atoms with Gasteiger partial charge in [-0.1, -0.05) is 59.9 Å². The van der Waals surface area contributed by atoms with Crippen LogP contribution in [-0.2, 0) is 0 Å². The van der Waals surface area contributed by atoms with Crippen molar-refractivity contribution in [2.75, 3.05) is 6.54 Å². The number of hydrogen-bond acceptors (Lipinski definition) is 3. The van der Waals surface area contributed by atoms with Gasteiger partial charge in [-0.3, -0.25) is 0 Å². The fourth-order valence-corrected chi connectivity index (χ4v) is 3.02. The van der Waals surface area contributed by atoms with E-state index in [1.165, 1.54) is 38.5 Å². The van der Waals surface area contributed by atoms with Crippen LogP contribution in [0.2, 0.25) is 0 Å². The average molecular weight is 360 g/mol. The van der Waals surface area contributed by atoms with Crippen molar-refractivity contribution in [2.24, 2.45) is 5.92 Å². The predicted octanol–water partition coefficient (Wildman–Crippen LogP) is 5.40. The number of nitrogens with one attached hydrogen (secondary N) is 3. The Morgan fingerprint density at radius 1 is 1.08 bits per heavy atom. The highest BCUT2D eigenvalue weighted by Crippen LogP contribution is 2.20. The third kappa shape index (κ3) is 8.64. The summed E-state index contributed by atoms with van der Waals surface area (Å²) in [5.74, 6) is 0.591. The van der Waals surface area contributed by atoms with Gasteiger partial charge in [-0.25, -0.2) is 0 Å². The summed E-state index contributed by atoms with van der Waals surface area (Å²) < 4.78 is 0. The summed E-state index contributed by atoms with van der Waals surface area (Å²) in [6, 6.07) is 0.786. The molecule has 0 radical (unpaired) electrons. The minimum Gasteiger partial charge on any atom is -0.383 e. The molecule has 1 aliphatic carbocycles. The Labute approximate surface area is 162 Å². The van der Waals surface area contributed by atoms with E-state index in [0.29, 0.717) is 18.5 Å². The smallest absolute Gasteiger partial charge is 0.0653 e. The van der Waals surface area contributed by atoms with E-state index in [9.17, 15) is 0 Å². The largest absolute Gasteiger partial charge is 0.383 e. The first-order valence-corrected chi connectivity index (χ1v) is 10.3. The van der Waals surface area contributed by atoms with Crippen molar-refractivity contribution >= 4 is 0 Å². The summed E-state index contributed by atoms with van der Waals surface area (Å²) >= 11 is 0. The molecule has 0 bridgehead atoms. The van der Waals surface area contributed by atoms with Crippen LogP contribution in [0.4, 0.5) is 0 Å². The molecule has 1 atom stereocenters. The Bertz CT molecular complexity index is 486. The van der Waals surface area contributed by atoms with E-state index in [4.69, 9.17) is 0 Å². The minimum atomic E-state index is 0.199. The van der Waals surface area contributed by atoms with Crippen molar-refractivity contribution in [1.82, 2.24) is 16.0 Å². The molecule has 1 rings (SSSR count). The lowest BCUT2D eigenvalue weighted by atomic mass is 9.92. The van der Waals surface area contributed by atoms with Gasteiger partial charge in [-0.2, -0.15) is 0 Å². The van der Waals surface area contributed by atoms with E-state index in [0.717, 1.165) is 35.5 Å². The second kappa shape index (κ2) is 11.9. The summed E-state index contributed by atoms with van der Waals surface area (Å²) in [4.78, 5) is 0. The van der Waals surface area contributed by atoms with Gasteiger partial charge in [0.1, 0.15) is 0 Å². The van der Waals surface area contributed by atoms with Crippen LogP contribution in [-0.4, -0.2) is 18.6 Å². The lowest BCUT2D eigenvalue weighted by Crippen LogP contribution is -2.38. The molecule has 0 heterocycles. The second-order valence-electron chi connectivity index (χ2n) is 8.12. The van der Waals surface area contributed by atoms with Gasteiger partial charge in [0.2, 0.25) is 0 Å². The Morgan fingerprint density at radius 2 is 1.77 bits per heavy atom. The van der Waals surface area contributed by atoms with Crippen molar-refractivity contribution in [3.05, 3.63) is 49.0 Å². The van der Waals surface area contributed by atoms with Gasteiger partial charge in [0.05, 0.1) is 6.04 Å². The third-order valence-electron chi connectivity index (χ3n) is 5.03. The average Bonchev–Trinajstić information content (AvgIpc) is 2.54. The van der Waals surface area contributed by atoms with Gasteiger partial charge in [-0.15, -0.1) is 0 Å². The minimum absolute atomic E-state index is 0.199. The summed E-state index contributed by atoms with van der Waals surface area (Å²) in [6.45, 7) is 24.2. The van der Waals surface area contributed by atoms with E-state index < -0.39 is 0 Å². The van der Waals surface area contributed by atoms with Gasteiger partial charge in [-0.05, 0) is 50.0 Å². The number of unbranched alkanes of at least 4 members (excludes halogenated alkanes) is 2. The first-order valence-electron chi connectivity index (χ1n) is 10.3. The summed E-state index contributed by atoms with van der Waals surface area (Å²) in [7, 11) is 0. The fourth-order valence-electron chi connectivity index (χ4n) is 3.02. The maximum Gasteiger partial charge on any atom is 0.0653 e. The Kier molecular flexibility index (Phi) is 10.2. The van der Waals surface area contributed by atoms with Crippen LogP contribution in [0.3, 0.4) is 0 Å². The molecule has 1 saturated carbocycles. The molecule has 0 saturated heterocycles. The molecule has 148 valence electrons. The predicted molar refractivity (Wildman–Crippen MR) is 116 cm³/mol. The molecule has 1 fully saturated rings. The monoisotopic (exact) mass is 359 g/mol. The van der Waals surface area contributed by atoms with Crippen LogP contribution in [0.5, 0.6) is 0 Å². The molecule has 3 heteroatoms. The molecule has 0 aromatic rings. The van der Waals surface area contributed by atoms with Crippen molar-refractivity contribution < 1.29 is 0 Å². The topological polar surface area (TPSA) is 36.1 Å². The lowest BCUT2D eigenvalue weighted by molar-refractivity contribution is 0.366. The summed E-state index contributed by atoms with van der Waals surface area (Å²) in [6.07, 6.45) is 9.55. The van der Waals surface area contributed by atoms with Gasteiger partial charge >= 0.3 is 0 Å². The maximum atomic E-state index is 4.27. The normalized spacial score (nSPS) is 15.1. The first kappa shape index (κ1) is 22.4. The van der Waals surface area contributed by atoms with Crippen LogP contribution in [0.25, 0.3) is 0 Å². The molecular formula is C23H41N3. The van der Waals surface area contributed by atoms with Crippen LogP contribution < -0.4 is 16.0 Å². The molecular weight excluding hydrogens is 318 g/mol. The Morgan fingerprint density at radius 3 is 2.31 bits per heavy atom. The summed E-state index contributed by atoms with van der Waals surface area (Å²) in [5.41, 5.74) is 4.07. The molecule has 26 heavy (non-hydrogen) atoms. The maximum absolute atomic E-state index is 4.27. The van der Waals surface area contributed by atoms with Gasteiger partial charge in [0.25, 0.3) is 0 Å². The van der Waals surface area contributed by atoms with Crippen LogP contribution in [0.1, 0.15) is 72.1 Å². The van der Waals surface area contributed by atoms with E-state index in [-0.39, 0.29) is 6.04 Å². The number of allylic oxidation sites excluding steroid dienone is 1. The molecule has 0 aromatic heterocycles. The molecule has 3 nitrogen and oxygen atoms in total. The van der Waals surface area contributed by atoms with E-state index in [2.05, 4.69) is 63.0 Å². The van der Waals surface area contributed by atoms with Crippen molar-refractivity contribution in [3.63, 3.8) is 0 Å². The van der Waals surface area contributed by atoms with Gasteiger partial charge in [0.15, 0.2) is 0 Å². The van der Waals surface area contributed by atoms with E-state index in [1.807, 2.05) is 0 Å². The van der Waals surface area contributed by atoms with Crippen molar-refractivity contribution in [2.45, 2.75) is 84.2 Å². The zero-order valence-corrected chi connectivity index (χ0v) is 17.4. The van der Waals surface area contributed by atoms with Gasteiger partial charge < -0.3 is 16.0 Å². The Hall–Kier alpha value is -1.64. The first-order chi connectivity index (χ1) is 12.3. The van der Waals surface area contributed by atoms with E-state index in [1.54, 1.807) is 0 Å². The molecule has 1 aliphatic rings. The SMILES string of the molecule is C=C(CCCCC)N[C@@H](CC(C)C)C(=C)NCC(=C)C(=C)NC1CCC1. The quantitative estimate of drug-likeness (QED) is 0.271. The second-order valence-corrected chi connectivity index (χ2v) is 8.12. The molecule has 0 amide bonds. The highest BCUT2D eigenvalue weighted by Gasteiger charge is 2.19. The zero-order valence-electron chi connectivity index (χ0n) is 17.4. The Balaban J connectivity index is 2.44. The van der Waals surface area contributed by atoms with Crippen LogP contribution in [0.15, 0.2) is 49.0 Å². The molecule has 0 aliphatic heterocycles. The highest BCUT2D eigenvalue weighted by molar-refractivity contribution is 5.27. The summed E-state index contributed by atoms with van der Waals surface area (Å²) in [5, 5.41) is 10.5. The fraction of sp³-hybridized carbons (Fsp3) is 0.652. The van der Waals surface area contributed by atoms with Crippen LogP contribution in [0, 0.1) is 5.92 Å². The van der Waals surface area contributed by atoms with Gasteiger partial charge in [0, 0.05) is 29.7 Å². The number of rotatable bonds is 15. The zero-order chi connectivity index (χ0) is 19.5. The standard InChI is InChI=1S/C23H41N3/c1-8-9-10-12-19(5)25-23(15-17(2)3)21(7)24-16-18(4)20(6)26-22-13-11-14-22/h17,22-26H,4-16H2,1-3H3/t23-/m0/s1. The number of hydrogen-bond donors (Lipinski definition) is 3. The molecule has 3 N–H and O–H groups in total. The third-order valence-corrected chi connectivity index (χ3v) is 5.03. The van der Waals surface area contributed by atoms with Crippen molar-refractivity contribution in [1.29, 1.82) is 0 Å². The molecule has 0 spiro atoms. The van der Waals surface area contributed by atoms with E-state index >= 15 is 0 Å². The lowest BCUT2D eigenvalue weighted by Gasteiger charge is -2.30.